The van der Waals surface area contributed by atoms with Crippen molar-refractivity contribution in [3.8, 4) is 17.0 Å². The van der Waals surface area contributed by atoms with Crippen molar-refractivity contribution in [1.82, 2.24) is 14.5 Å². The average Bonchev–Trinajstić information content (AvgIpc) is 2.93. The minimum Gasteiger partial charge on any atom is -0.508 e. The maximum Gasteiger partial charge on any atom is 0.145 e. The molecule has 4 rings (SSSR count). The topological polar surface area (TPSA) is 63.0 Å². The minimum absolute atomic E-state index is 0.254. The molecule has 0 aliphatic rings. The monoisotopic (exact) mass is 344 g/mol. The number of hydrogen-bond donors (Lipinski definition) is 2. The van der Waals surface area contributed by atoms with Gasteiger partial charge in [-0.25, -0.2) is 9.97 Å². The Morgan fingerprint density at radius 2 is 1.62 bits per heavy atom. The van der Waals surface area contributed by atoms with Crippen LogP contribution in [0.1, 0.15) is 11.1 Å². The summed E-state index contributed by atoms with van der Waals surface area (Å²) in [7, 11) is 1.98. The van der Waals surface area contributed by atoms with Crippen LogP contribution in [0.2, 0.25) is 0 Å². The fourth-order valence-corrected chi connectivity index (χ4v) is 3.33. The van der Waals surface area contributed by atoms with Crippen LogP contribution >= 0.6 is 0 Å². The highest BCUT2D eigenvalue weighted by Crippen LogP contribution is 2.31. The molecule has 0 saturated heterocycles. The Labute approximate surface area is 152 Å². The number of aryl methyl sites for hydroxylation is 3. The summed E-state index contributed by atoms with van der Waals surface area (Å²) in [5, 5.41) is 13.9. The fourth-order valence-electron chi connectivity index (χ4n) is 3.33. The first kappa shape index (κ1) is 16.1. The van der Waals surface area contributed by atoms with Gasteiger partial charge in [0.25, 0.3) is 0 Å². The van der Waals surface area contributed by atoms with E-state index in [1.807, 2.05) is 23.7 Å². The number of hydrogen-bond acceptors (Lipinski definition) is 4. The molecular formula is C21H20N4O. The molecule has 2 aromatic carbocycles. The van der Waals surface area contributed by atoms with E-state index in [1.165, 1.54) is 11.1 Å². The molecule has 0 atom stereocenters. The summed E-state index contributed by atoms with van der Waals surface area (Å²) in [5.41, 5.74) is 6.31. The number of aromatic nitrogens is 3. The van der Waals surface area contributed by atoms with E-state index in [-0.39, 0.29) is 5.75 Å². The Morgan fingerprint density at radius 3 is 2.31 bits per heavy atom. The number of fused-ring (bicyclic) bond motifs is 1. The van der Waals surface area contributed by atoms with Gasteiger partial charge in [-0.05, 0) is 73.0 Å². The number of nitrogens with zero attached hydrogens (tertiary/aromatic N) is 3. The number of phenolic OH excluding ortho intramolecular Hbond substituents is 1. The van der Waals surface area contributed by atoms with Crippen LogP contribution in [0, 0.1) is 13.8 Å². The zero-order valence-electron chi connectivity index (χ0n) is 15.0. The van der Waals surface area contributed by atoms with Crippen LogP contribution in [-0.4, -0.2) is 19.6 Å². The minimum atomic E-state index is 0.254. The van der Waals surface area contributed by atoms with Crippen molar-refractivity contribution >= 4 is 22.5 Å². The van der Waals surface area contributed by atoms with E-state index in [2.05, 4.69) is 53.4 Å². The number of nitrogens with one attached hydrogen (secondary N) is 1. The predicted octanol–water partition coefficient (Wildman–Crippen LogP) is 4.70. The third kappa shape index (κ3) is 2.88. The molecule has 2 heterocycles. The lowest BCUT2D eigenvalue weighted by atomic mass is 10.1. The first-order chi connectivity index (χ1) is 12.5. The van der Waals surface area contributed by atoms with Crippen molar-refractivity contribution in [2.45, 2.75) is 13.8 Å². The first-order valence-corrected chi connectivity index (χ1v) is 8.46. The third-order valence-electron chi connectivity index (χ3n) is 4.47. The standard InChI is InChI=1S/C21H20N4O/c1-13-8-14(2)10-16(9-13)24-20-18-11-19(15-4-6-17(26)7-5-15)25(3)21(18)23-12-22-20/h4-12,26H,1-3H3,(H,22,23,24). The van der Waals surface area contributed by atoms with Gasteiger partial charge < -0.3 is 15.0 Å². The molecule has 0 aliphatic heterocycles. The van der Waals surface area contributed by atoms with Crippen LogP contribution in [-0.2, 0) is 7.05 Å². The average molecular weight is 344 g/mol. The summed E-state index contributed by atoms with van der Waals surface area (Å²) < 4.78 is 2.04. The van der Waals surface area contributed by atoms with Crippen LogP contribution < -0.4 is 5.32 Å². The number of benzene rings is 2. The molecule has 2 N–H and O–H groups in total. The van der Waals surface area contributed by atoms with Crippen LogP contribution in [0.3, 0.4) is 0 Å². The van der Waals surface area contributed by atoms with Gasteiger partial charge in [0.05, 0.1) is 11.1 Å². The number of aromatic hydroxyl groups is 1. The van der Waals surface area contributed by atoms with Gasteiger partial charge in [0.15, 0.2) is 0 Å². The van der Waals surface area contributed by atoms with Crippen LogP contribution in [0.25, 0.3) is 22.3 Å². The lowest BCUT2D eigenvalue weighted by Crippen LogP contribution is -1.98. The Hall–Kier alpha value is -3.34. The number of rotatable bonds is 3. The summed E-state index contributed by atoms with van der Waals surface area (Å²) in [4.78, 5) is 8.89. The second kappa shape index (κ2) is 6.19. The zero-order chi connectivity index (χ0) is 18.3. The second-order valence-electron chi connectivity index (χ2n) is 6.60. The quantitative estimate of drug-likeness (QED) is 0.565. The van der Waals surface area contributed by atoms with Crippen LogP contribution in [0.5, 0.6) is 5.75 Å². The summed E-state index contributed by atoms with van der Waals surface area (Å²) in [5.74, 6) is 1.03. The molecule has 4 aromatic rings. The van der Waals surface area contributed by atoms with Crippen molar-refractivity contribution in [2.24, 2.45) is 7.05 Å². The lowest BCUT2D eigenvalue weighted by molar-refractivity contribution is 0.475. The fraction of sp³-hybridized carbons (Fsp3) is 0.143. The van der Waals surface area contributed by atoms with Crippen molar-refractivity contribution in [2.75, 3.05) is 5.32 Å². The molecule has 0 aliphatic carbocycles. The predicted molar refractivity (Wildman–Crippen MR) is 105 cm³/mol. The third-order valence-corrected chi connectivity index (χ3v) is 4.47. The van der Waals surface area contributed by atoms with Gasteiger partial charge in [-0.2, -0.15) is 0 Å². The molecule has 0 saturated carbocycles. The van der Waals surface area contributed by atoms with Crippen molar-refractivity contribution in [1.29, 1.82) is 0 Å². The van der Waals surface area contributed by atoms with E-state index in [9.17, 15) is 5.11 Å². The van der Waals surface area contributed by atoms with Crippen molar-refractivity contribution < 1.29 is 5.11 Å². The van der Waals surface area contributed by atoms with E-state index in [4.69, 9.17) is 0 Å². The molecule has 0 radical (unpaired) electrons. The number of anilines is 2. The van der Waals surface area contributed by atoms with E-state index in [0.29, 0.717) is 0 Å². The number of phenols is 1. The van der Waals surface area contributed by atoms with E-state index in [1.54, 1.807) is 18.5 Å². The van der Waals surface area contributed by atoms with Crippen molar-refractivity contribution in [3.05, 3.63) is 66.0 Å². The normalized spacial score (nSPS) is 11.0. The molecule has 5 nitrogen and oxygen atoms in total. The smallest absolute Gasteiger partial charge is 0.145 e. The molecule has 0 unspecified atom stereocenters. The summed E-state index contributed by atoms with van der Waals surface area (Å²) in [6, 6.07) is 15.6. The molecule has 2 aromatic heterocycles. The molecule has 26 heavy (non-hydrogen) atoms. The summed E-state index contributed by atoms with van der Waals surface area (Å²) in [6.07, 6.45) is 1.58. The van der Waals surface area contributed by atoms with Gasteiger partial charge in [-0.15, -0.1) is 0 Å². The molecule has 0 fully saturated rings. The first-order valence-electron chi connectivity index (χ1n) is 8.46. The maximum atomic E-state index is 9.53. The molecular weight excluding hydrogens is 324 g/mol. The van der Waals surface area contributed by atoms with E-state index < -0.39 is 0 Å². The zero-order valence-corrected chi connectivity index (χ0v) is 15.0. The second-order valence-corrected chi connectivity index (χ2v) is 6.60. The van der Waals surface area contributed by atoms with Gasteiger partial charge in [0.2, 0.25) is 0 Å². The van der Waals surface area contributed by atoms with Gasteiger partial charge >= 0.3 is 0 Å². The van der Waals surface area contributed by atoms with Gasteiger partial charge in [0.1, 0.15) is 23.5 Å². The molecule has 0 bridgehead atoms. The highest BCUT2D eigenvalue weighted by atomic mass is 16.3. The Kier molecular flexibility index (Phi) is 3.84. The van der Waals surface area contributed by atoms with Crippen LogP contribution in [0.4, 0.5) is 11.5 Å². The van der Waals surface area contributed by atoms with Crippen molar-refractivity contribution in [3.63, 3.8) is 0 Å². The Balaban J connectivity index is 1.81. The van der Waals surface area contributed by atoms with E-state index in [0.717, 1.165) is 33.8 Å². The largest absolute Gasteiger partial charge is 0.508 e. The summed E-state index contributed by atoms with van der Waals surface area (Å²) in [6.45, 7) is 4.17. The molecule has 130 valence electrons. The van der Waals surface area contributed by atoms with E-state index >= 15 is 0 Å². The van der Waals surface area contributed by atoms with Crippen LogP contribution in [0.15, 0.2) is 54.9 Å². The van der Waals surface area contributed by atoms with Gasteiger partial charge in [0, 0.05) is 12.7 Å². The molecule has 0 amide bonds. The highest BCUT2D eigenvalue weighted by molar-refractivity contribution is 5.93. The SMILES string of the molecule is Cc1cc(C)cc(Nc2ncnc3c2cc(-c2ccc(O)cc2)n3C)c1. The molecule has 0 spiro atoms. The Bertz CT molecular complexity index is 1080. The lowest BCUT2D eigenvalue weighted by Gasteiger charge is -2.08. The Morgan fingerprint density at radius 1 is 0.923 bits per heavy atom. The summed E-state index contributed by atoms with van der Waals surface area (Å²) >= 11 is 0. The highest BCUT2D eigenvalue weighted by Gasteiger charge is 2.13. The van der Waals surface area contributed by atoms with Gasteiger partial charge in [-0.1, -0.05) is 6.07 Å². The van der Waals surface area contributed by atoms with Gasteiger partial charge in [-0.3, -0.25) is 0 Å². The maximum absolute atomic E-state index is 9.53. The molecule has 5 heteroatoms.